The van der Waals surface area contributed by atoms with E-state index in [0.717, 1.165) is 32.1 Å². The molecule has 0 radical (unpaired) electrons. The van der Waals surface area contributed by atoms with Gasteiger partial charge in [-0.15, -0.1) is 0 Å². The Morgan fingerprint density at radius 1 is 0.630 bits per heavy atom. The maximum absolute atomic E-state index is 13.0. The van der Waals surface area contributed by atoms with Crippen molar-refractivity contribution >= 4 is 5.91 Å². The molecule has 10 heteroatoms. The SMILES string of the molecule is CCCCCCCC=CCCC=CC(O)C(COC1OC(CO)C(O)C(O)C1O)NC(=O)C(O)CCCCCCCCCCCCCCCCCCCC. The number of carbonyl (C=O) groups excluding carboxylic acids is 1. The van der Waals surface area contributed by atoms with E-state index >= 15 is 0 Å². The normalized spacial score (nSPS) is 22.3. The van der Waals surface area contributed by atoms with E-state index in [-0.39, 0.29) is 6.61 Å². The second kappa shape index (κ2) is 34.8. The molecule has 8 unspecified atom stereocenters. The van der Waals surface area contributed by atoms with Crippen LogP contribution in [-0.2, 0) is 14.3 Å². The maximum Gasteiger partial charge on any atom is 0.249 e. The van der Waals surface area contributed by atoms with Gasteiger partial charge < -0.3 is 45.4 Å². The molecule has 10 nitrogen and oxygen atoms in total. The summed E-state index contributed by atoms with van der Waals surface area (Å²) >= 11 is 0. The van der Waals surface area contributed by atoms with Gasteiger partial charge in [0.15, 0.2) is 6.29 Å². The van der Waals surface area contributed by atoms with Crippen molar-refractivity contribution in [3.8, 4) is 0 Å². The summed E-state index contributed by atoms with van der Waals surface area (Å²) in [4.78, 5) is 13.0. The van der Waals surface area contributed by atoms with Gasteiger partial charge in [0.1, 0.15) is 30.5 Å². The number of aliphatic hydroxyl groups is 6. The molecule has 1 heterocycles. The average molecular weight is 770 g/mol. The van der Waals surface area contributed by atoms with Crippen LogP contribution in [0.3, 0.4) is 0 Å². The van der Waals surface area contributed by atoms with Crippen molar-refractivity contribution in [3.63, 3.8) is 0 Å². The number of hydrogen-bond acceptors (Lipinski definition) is 9. The number of rotatable bonds is 36. The molecule has 1 aliphatic heterocycles. The van der Waals surface area contributed by atoms with E-state index in [1.165, 1.54) is 122 Å². The summed E-state index contributed by atoms with van der Waals surface area (Å²) in [6.45, 7) is 3.56. The Labute approximate surface area is 329 Å². The quantitative estimate of drug-likeness (QED) is 0.0250. The van der Waals surface area contributed by atoms with Gasteiger partial charge in [-0.05, 0) is 32.1 Å². The van der Waals surface area contributed by atoms with Crippen LogP contribution in [0.2, 0.25) is 0 Å². The van der Waals surface area contributed by atoms with E-state index in [2.05, 4.69) is 31.3 Å². The second-order valence-electron chi connectivity index (χ2n) is 15.6. The number of aliphatic hydroxyl groups excluding tert-OH is 6. The van der Waals surface area contributed by atoms with Crippen molar-refractivity contribution in [3.05, 3.63) is 24.3 Å². The molecule has 1 saturated heterocycles. The van der Waals surface area contributed by atoms with Gasteiger partial charge in [-0.2, -0.15) is 0 Å². The molecule has 0 aliphatic carbocycles. The Bertz CT molecular complexity index is 916. The Kier molecular flexibility index (Phi) is 32.7. The van der Waals surface area contributed by atoms with E-state index in [9.17, 15) is 35.4 Å². The highest BCUT2D eigenvalue weighted by atomic mass is 16.7. The summed E-state index contributed by atoms with van der Waals surface area (Å²) in [6, 6.07) is -0.991. The van der Waals surface area contributed by atoms with Crippen LogP contribution in [0.15, 0.2) is 24.3 Å². The average Bonchev–Trinajstić information content (AvgIpc) is 3.17. The highest BCUT2D eigenvalue weighted by Crippen LogP contribution is 2.22. The third-order valence-electron chi connectivity index (χ3n) is 10.6. The molecule has 0 aromatic carbocycles. The predicted molar refractivity (Wildman–Crippen MR) is 218 cm³/mol. The van der Waals surface area contributed by atoms with Crippen LogP contribution >= 0.6 is 0 Å². The fourth-order valence-electron chi connectivity index (χ4n) is 6.94. The molecule has 318 valence electrons. The molecule has 0 aromatic heterocycles. The monoisotopic (exact) mass is 770 g/mol. The smallest absolute Gasteiger partial charge is 0.249 e. The van der Waals surface area contributed by atoms with Crippen LogP contribution in [0.25, 0.3) is 0 Å². The van der Waals surface area contributed by atoms with Gasteiger partial charge >= 0.3 is 0 Å². The molecule has 1 amide bonds. The van der Waals surface area contributed by atoms with Crippen molar-refractivity contribution < 1.29 is 44.9 Å². The second-order valence-corrected chi connectivity index (χ2v) is 15.6. The van der Waals surface area contributed by atoms with Crippen LogP contribution in [0.4, 0.5) is 0 Å². The fourth-order valence-corrected chi connectivity index (χ4v) is 6.94. The van der Waals surface area contributed by atoms with Crippen molar-refractivity contribution in [2.45, 2.75) is 236 Å². The van der Waals surface area contributed by atoms with Crippen LogP contribution in [0, 0.1) is 0 Å². The van der Waals surface area contributed by atoms with E-state index in [1.807, 2.05) is 6.08 Å². The third-order valence-corrected chi connectivity index (χ3v) is 10.6. The van der Waals surface area contributed by atoms with E-state index in [1.54, 1.807) is 6.08 Å². The third kappa shape index (κ3) is 25.0. The molecular weight excluding hydrogens is 686 g/mol. The van der Waals surface area contributed by atoms with Crippen molar-refractivity contribution in [2.75, 3.05) is 13.2 Å². The number of hydrogen-bond donors (Lipinski definition) is 7. The number of amides is 1. The summed E-state index contributed by atoms with van der Waals surface area (Å²) in [5.74, 6) is -0.626. The summed E-state index contributed by atoms with van der Waals surface area (Å²) in [5.41, 5.74) is 0. The van der Waals surface area contributed by atoms with Gasteiger partial charge in [0.25, 0.3) is 0 Å². The topological polar surface area (TPSA) is 169 Å². The predicted octanol–water partition coefficient (Wildman–Crippen LogP) is 7.69. The zero-order valence-electron chi connectivity index (χ0n) is 34.3. The fraction of sp³-hybridized carbons (Fsp3) is 0.886. The Balaban J connectivity index is 2.41. The highest BCUT2D eigenvalue weighted by molar-refractivity contribution is 5.80. The molecular formula is C44H83NO9. The highest BCUT2D eigenvalue weighted by Gasteiger charge is 2.44. The number of nitrogens with one attached hydrogen (secondary N) is 1. The molecule has 7 N–H and O–H groups in total. The lowest BCUT2D eigenvalue weighted by atomic mass is 9.99. The molecule has 0 spiro atoms. The Morgan fingerprint density at radius 3 is 1.61 bits per heavy atom. The van der Waals surface area contributed by atoms with Gasteiger partial charge in [0.05, 0.1) is 25.4 Å². The summed E-state index contributed by atoms with van der Waals surface area (Å²) in [5, 5.41) is 64.4. The Morgan fingerprint density at radius 2 is 1.09 bits per heavy atom. The van der Waals surface area contributed by atoms with E-state index in [4.69, 9.17) is 9.47 Å². The molecule has 0 saturated carbocycles. The minimum atomic E-state index is -1.61. The minimum Gasteiger partial charge on any atom is -0.394 e. The molecule has 0 aromatic rings. The lowest BCUT2D eigenvalue weighted by Gasteiger charge is -2.40. The summed E-state index contributed by atoms with van der Waals surface area (Å²) in [7, 11) is 0. The van der Waals surface area contributed by atoms with E-state index in [0.29, 0.717) is 19.3 Å². The first-order valence-corrected chi connectivity index (χ1v) is 22.2. The zero-order chi connectivity index (χ0) is 39.7. The molecule has 1 aliphatic rings. The molecule has 8 atom stereocenters. The summed E-state index contributed by atoms with van der Waals surface area (Å²) < 4.78 is 11.1. The van der Waals surface area contributed by atoms with Gasteiger partial charge in [-0.3, -0.25) is 4.79 Å². The standard InChI is InChI=1S/C44H83NO9/c1-3-5-7-9-11-13-15-16-17-18-19-20-21-23-25-27-29-31-33-38(48)43(52)45-36(35-53-44-42(51)41(50)40(49)39(34-46)54-44)37(47)32-30-28-26-24-22-14-12-10-8-6-4-2/h22,24,30,32,36-42,44,46-51H,3-21,23,25-29,31,33-35H2,1-2H3,(H,45,52). The Hall–Kier alpha value is -1.37. The molecule has 1 fully saturated rings. The van der Waals surface area contributed by atoms with Gasteiger partial charge in [0, 0.05) is 0 Å². The molecule has 1 rings (SSSR count). The number of ether oxygens (including phenoxy) is 2. The first kappa shape index (κ1) is 50.6. The lowest BCUT2D eigenvalue weighted by molar-refractivity contribution is -0.302. The van der Waals surface area contributed by atoms with Gasteiger partial charge in [-0.25, -0.2) is 0 Å². The number of carbonyl (C=O) groups is 1. The number of unbranched alkanes of at least 4 members (excludes halogenated alkanes) is 23. The van der Waals surface area contributed by atoms with Crippen LogP contribution in [0.5, 0.6) is 0 Å². The van der Waals surface area contributed by atoms with E-state index < -0.39 is 61.5 Å². The lowest BCUT2D eigenvalue weighted by Crippen LogP contribution is -2.60. The first-order chi connectivity index (χ1) is 26.3. The largest absolute Gasteiger partial charge is 0.394 e. The van der Waals surface area contributed by atoms with Crippen LogP contribution < -0.4 is 5.32 Å². The summed E-state index contributed by atoms with van der Waals surface area (Å²) in [6.07, 6.45) is 29.9. The first-order valence-electron chi connectivity index (χ1n) is 22.2. The molecule has 0 bridgehead atoms. The maximum atomic E-state index is 13.0. The van der Waals surface area contributed by atoms with Crippen LogP contribution in [0.1, 0.15) is 187 Å². The van der Waals surface area contributed by atoms with Crippen LogP contribution in [-0.4, -0.2) is 98.7 Å². The van der Waals surface area contributed by atoms with Crippen molar-refractivity contribution in [1.29, 1.82) is 0 Å². The number of allylic oxidation sites excluding steroid dienone is 3. The molecule has 54 heavy (non-hydrogen) atoms. The van der Waals surface area contributed by atoms with Crippen molar-refractivity contribution in [2.24, 2.45) is 0 Å². The van der Waals surface area contributed by atoms with Gasteiger partial charge in [-0.1, -0.05) is 179 Å². The zero-order valence-corrected chi connectivity index (χ0v) is 34.3. The van der Waals surface area contributed by atoms with Gasteiger partial charge in [0.2, 0.25) is 5.91 Å². The minimum absolute atomic E-state index is 0.307. The van der Waals surface area contributed by atoms with Crippen molar-refractivity contribution in [1.82, 2.24) is 5.32 Å².